The van der Waals surface area contributed by atoms with Gasteiger partial charge < -0.3 is 20.1 Å². The zero-order valence-electron chi connectivity index (χ0n) is 32.3. The average Bonchev–Trinajstić information content (AvgIpc) is 3.11. The van der Waals surface area contributed by atoms with Gasteiger partial charge in [-0.2, -0.15) is 0 Å². The van der Waals surface area contributed by atoms with E-state index in [0.717, 1.165) is 57.8 Å². The van der Waals surface area contributed by atoms with E-state index in [-0.39, 0.29) is 32.6 Å². The third kappa shape index (κ3) is 37.5. The van der Waals surface area contributed by atoms with Crippen molar-refractivity contribution in [1.29, 1.82) is 0 Å². The lowest BCUT2D eigenvalue weighted by Gasteiger charge is -2.19. The molecule has 0 aromatic carbocycles. The Labute approximate surface area is 311 Å². The molecule has 0 heterocycles. The smallest absolute Gasteiger partial charge is 0.462 e. The topological polar surface area (TPSA) is 134 Å². The first kappa shape index (κ1) is 49.0. The minimum Gasteiger partial charge on any atom is -0.462 e. The highest BCUT2D eigenvalue weighted by atomic mass is 31.2. The van der Waals surface area contributed by atoms with E-state index in [9.17, 15) is 19.0 Å². The molecule has 2 atom stereocenters. The van der Waals surface area contributed by atoms with E-state index in [1.165, 1.54) is 77.0 Å². The Balaban J connectivity index is 4.26. The van der Waals surface area contributed by atoms with Gasteiger partial charge in [0.25, 0.3) is 0 Å². The molecule has 9 nitrogen and oxygen atoms in total. The summed E-state index contributed by atoms with van der Waals surface area (Å²) in [6.07, 6.45) is 41.4. The van der Waals surface area contributed by atoms with Crippen LogP contribution >= 0.6 is 7.82 Å². The summed E-state index contributed by atoms with van der Waals surface area (Å²) >= 11 is 0. The lowest BCUT2D eigenvalue weighted by Crippen LogP contribution is -2.29. The van der Waals surface area contributed by atoms with Crippen LogP contribution in [0.2, 0.25) is 0 Å². The second-order valence-electron chi connectivity index (χ2n) is 13.1. The number of unbranched alkanes of at least 4 members (excludes halogenated alkanes) is 16. The predicted molar refractivity (Wildman–Crippen MR) is 210 cm³/mol. The number of hydrogen-bond donors (Lipinski definition) is 2. The maximum Gasteiger partial charge on any atom is 0.472 e. The second-order valence-corrected chi connectivity index (χ2v) is 14.6. The first-order valence-corrected chi connectivity index (χ1v) is 21.6. The van der Waals surface area contributed by atoms with Crippen molar-refractivity contribution in [2.45, 2.75) is 174 Å². The van der Waals surface area contributed by atoms with Crippen LogP contribution in [0.1, 0.15) is 168 Å². The highest BCUT2D eigenvalue weighted by molar-refractivity contribution is 7.47. The monoisotopic (exact) mass is 740 g/mol. The zero-order valence-corrected chi connectivity index (χ0v) is 33.2. The molecule has 0 spiro atoms. The maximum atomic E-state index is 12.5. The van der Waals surface area contributed by atoms with Crippen LogP contribution in [-0.2, 0) is 32.7 Å². The summed E-state index contributed by atoms with van der Waals surface area (Å²) in [5.41, 5.74) is 5.33. The first-order chi connectivity index (χ1) is 24.8. The number of ether oxygens (including phenoxy) is 2. The van der Waals surface area contributed by atoms with Gasteiger partial charge in [-0.05, 0) is 51.4 Å². The van der Waals surface area contributed by atoms with Gasteiger partial charge in [-0.25, -0.2) is 4.57 Å². The molecule has 3 N–H and O–H groups in total. The summed E-state index contributed by atoms with van der Waals surface area (Å²) in [6.45, 7) is 3.56. The number of hydrogen-bond acceptors (Lipinski definition) is 8. The van der Waals surface area contributed by atoms with Gasteiger partial charge in [0.05, 0.1) is 13.2 Å². The second kappa shape index (κ2) is 37.7. The number of carbonyl (C=O) groups is 2. The summed E-state index contributed by atoms with van der Waals surface area (Å²) in [7, 11) is -4.38. The molecule has 10 heteroatoms. The number of phosphoric acid groups is 1. The molecule has 0 aliphatic rings. The minimum atomic E-state index is -4.38. The molecule has 296 valence electrons. The van der Waals surface area contributed by atoms with E-state index in [0.29, 0.717) is 6.42 Å². The van der Waals surface area contributed by atoms with Crippen LogP contribution in [0.3, 0.4) is 0 Å². The number of carbonyl (C=O) groups excluding carboxylic acids is 2. The molecule has 51 heavy (non-hydrogen) atoms. The molecule has 2 unspecified atom stereocenters. The van der Waals surface area contributed by atoms with Crippen molar-refractivity contribution in [2.75, 3.05) is 26.4 Å². The summed E-state index contributed by atoms with van der Waals surface area (Å²) in [5.74, 6) is -0.877. The van der Waals surface area contributed by atoms with Crippen molar-refractivity contribution in [1.82, 2.24) is 0 Å². The fourth-order valence-corrected chi connectivity index (χ4v) is 6.04. The Morgan fingerprint density at radius 2 is 1.08 bits per heavy atom. The van der Waals surface area contributed by atoms with E-state index in [1.807, 2.05) is 0 Å². The molecule has 0 amide bonds. The Morgan fingerprint density at radius 1 is 0.608 bits per heavy atom. The van der Waals surface area contributed by atoms with Crippen molar-refractivity contribution < 1.29 is 37.6 Å². The lowest BCUT2D eigenvalue weighted by molar-refractivity contribution is -0.161. The van der Waals surface area contributed by atoms with Crippen LogP contribution < -0.4 is 5.73 Å². The number of nitrogens with two attached hydrogens (primary N) is 1. The predicted octanol–water partition coefficient (Wildman–Crippen LogP) is 11.2. The van der Waals surface area contributed by atoms with Crippen LogP contribution in [0.5, 0.6) is 0 Å². The van der Waals surface area contributed by atoms with Crippen molar-refractivity contribution in [3.63, 3.8) is 0 Å². The normalized spacial score (nSPS) is 13.9. The summed E-state index contributed by atoms with van der Waals surface area (Å²) in [6, 6.07) is 0. The quantitative estimate of drug-likeness (QED) is 0.0276. The Hall–Kier alpha value is -2.03. The van der Waals surface area contributed by atoms with Crippen molar-refractivity contribution in [2.24, 2.45) is 5.73 Å². The van der Waals surface area contributed by atoms with Gasteiger partial charge in [0.2, 0.25) is 0 Å². The molecule has 0 radical (unpaired) electrons. The van der Waals surface area contributed by atoms with Crippen molar-refractivity contribution in [3.05, 3.63) is 48.6 Å². The summed E-state index contributed by atoms with van der Waals surface area (Å²) in [4.78, 5) is 34.8. The summed E-state index contributed by atoms with van der Waals surface area (Å²) in [5, 5.41) is 0. The molecule has 0 aliphatic carbocycles. The van der Waals surface area contributed by atoms with Gasteiger partial charge in [0.1, 0.15) is 6.61 Å². The molecule has 0 saturated heterocycles. The molecule has 0 aliphatic heterocycles. The van der Waals surface area contributed by atoms with E-state index in [2.05, 4.69) is 62.5 Å². The SMILES string of the molecule is CC/C=C\C/C=C\C/C=C\C/C=C\CCCCC(=O)OC(COC(=O)CCCCCCCCCCCCCCCCC)COP(=O)(O)OCCN. The average molecular weight is 740 g/mol. The van der Waals surface area contributed by atoms with Crippen LogP contribution in [0.25, 0.3) is 0 Å². The zero-order chi connectivity index (χ0) is 37.5. The number of rotatable bonds is 37. The molecule has 0 rings (SSSR count). The standard InChI is InChI=1S/C41H74NO8P/c1-3-5-7-9-11-13-15-17-19-21-23-25-27-29-31-33-40(43)47-37-39(38-49-51(45,46)48-36-35-42)50-41(44)34-32-30-28-26-24-22-20-18-16-14-12-10-8-6-4-2/h6,8,12,14,18,20,24,26,39H,3-5,7,9-11,13,15-17,19,21-23,25,27-38,42H2,1-2H3,(H,45,46)/b8-6-,14-12-,20-18-,26-24-. The van der Waals surface area contributed by atoms with Crippen molar-refractivity contribution in [3.8, 4) is 0 Å². The fourth-order valence-electron chi connectivity index (χ4n) is 5.27. The maximum absolute atomic E-state index is 12.5. The van der Waals surface area contributed by atoms with Crippen LogP contribution in [0, 0.1) is 0 Å². The van der Waals surface area contributed by atoms with Crippen LogP contribution in [0.4, 0.5) is 0 Å². The number of allylic oxidation sites excluding steroid dienone is 8. The van der Waals surface area contributed by atoms with Gasteiger partial charge in [-0.1, -0.05) is 152 Å². The van der Waals surface area contributed by atoms with E-state index < -0.39 is 32.5 Å². The van der Waals surface area contributed by atoms with E-state index in [4.69, 9.17) is 24.3 Å². The number of esters is 2. The van der Waals surface area contributed by atoms with E-state index >= 15 is 0 Å². The lowest BCUT2D eigenvalue weighted by atomic mass is 10.0. The molecular formula is C41H74NO8P. The van der Waals surface area contributed by atoms with E-state index in [1.54, 1.807) is 0 Å². The van der Waals surface area contributed by atoms with Gasteiger partial charge in [-0.3, -0.25) is 18.6 Å². The van der Waals surface area contributed by atoms with Gasteiger partial charge in [0.15, 0.2) is 6.10 Å². The van der Waals surface area contributed by atoms with Crippen molar-refractivity contribution >= 4 is 19.8 Å². The summed E-state index contributed by atoms with van der Waals surface area (Å²) < 4.78 is 32.7. The minimum absolute atomic E-state index is 0.0458. The third-order valence-electron chi connectivity index (χ3n) is 8.23. The molecule has 0 saturated carbocycles. The Morgan fingerprint density at radius 3 is 1.61 bits per heavy atom. The van der Waals surface area contributed by atoms with Crippen LogP contribution in [-0.4, -0.2) is 49.3 Å². The Kier molecular flexibility index (Phi) is 36.2. The molecule has 0 fully saturated rings. The number of phosphoric ester groups is 1. The molecule has 0 bridgehead atoms. The highest BCUT2D eigenvalue weighted by Gasteiger charge is 2.25. The fraction of sp³-hybridized carbons (Fsp3) is 0.756. The molecule has 0 aromatic heterocycles. The van der Waals surface area contributed by atoms with Gasteiger partial charge >= 0.3 is 19.8 Å². The highest BCUT2D eigenvalue weighted by Crippen LogP contribution is 2.43. The molecule has 0 aromatic rings. The first-order valence-electron chi connectivity index (χ1n) is 20.1. The van der Waals surface area contributed by atoms with Crippen LogP contribution in [0.15, 0.2) is 48.6 Å². The van der Waals surface area contributed by atoms with Gasteiger partial charge in [-0.15, -0.1) is 0 Å². The van der Waals surface area contributed by atoms with Gasteiger partial charge in [0, 0.05) is 19.4 Å². The Bertz CT molecular complexity index is 981. The largest absolute Gasteiger partial charge is 0.472 e. The molecular weight excluding hydrogens is 665 g/mol. The third-order valence-corrected chi connectivity index (χ3v) is 9.21.